The number of aliphatic hydroxyl groups is 1. The number of rotatable bonds is 3. The van der Waals surface area contributed by atoms with E-state index in [4.69, 9.17) is 9.47 Å². The summed E-state index contributed by atoms with van der Waals surface area (Å²) in [6.45, 7) is 0.305. The van der Waals surface area contributed by atoms with Crippen molar-refractivity contribution in [2.75, 3.05) is 13.4 Å². The van der Waals surface area contributed by atoms with Gasteiger partial charge in [-0.3, -0.25) is 0 Å². The second kappa shape index (κ2) is 5.20. The maximum atomic E-state index is 13.5. The lowest BCUT2D eigenvalue weighted by Crippen LogP contribution is -2.04. The second-order valence-electron chi connectivity index (χ2n) is 5.13. The number of nitrogens with zero attached hydrogens (tertiary/aromatic N) is 2. The maximum absolute atomic E-state index is 13.5. The average molecular weight is 318 g/mol. The van der Waals surface area contributed by atoms with Crippen LogP contribution in [-0.2, 0) is 6.54 Å². The van der Waals surface area contributed by atoms with Gasteiger partial charge < -0.3 is 19.1 Å². The first-order chi connectivity index (χ1) is 11.2. The monoisotopic (exact) mass is 318 g/mol. The Labute approximate surface area is 129 Å². The number of aromatic nitrogens is 2. The highest BCUT2D eigenvalue weighted by Gasteiger charge is 2.20. The number of fused-ring (bicyclic) bond motifs is 2. The molecule has 4 rings (SSSR count). The van der Waals surface area contributed by atoms with Gasteiger partial charge in [0.1, 0.15) is 5.82 Å². The Balaban J connectivity index is 1.94. The van der Waals surface area contributed by atoms with E-state index in [1.807, 2.05) is 0 Å². The Kier molecular flexibility index (Phi) is 3.16. The van der Waals surface area contributed by atoms with Crippen molar-refractivity contribution in [2.24, 2.45) is 0 Å². The molecule has 0 saturated heterocycles. The summed E-state index contributed by atoms with van der Waals surface area (Å²) < 4.78 is 39.1. The second-order valence-corrected chi connectivity index (χ2v) is 5.13. The molecule has 2 aromatic carbocycles. The quantitative estimate of drug-likeness (QED) is 0.807. The molecule has 2 heterocycles. The summed E-state index contributed by atoms with van der Waals surface area (Å²) in [6.07, 6.45) is 0. The molecule has 7 heteroatoms. The lowest BCUT2D eigenvalue weighted by atomic mass is 10.2. The fourth-order valence-electron chi connectivity index (χ4n) is 2.70. The highest BCUT2D eigenvalue weighted by atomic mass is 19.2. The Morgan fingerprint density at radius 2 is 1.87 bits per heavy atom. The van der Waals surface area contributed by atoms with E-state index in [0.717, 1.165) is 17.6 Å². The molecule has 5 nitrogen and oxygen atoms in total. The van der Waals surface area contributed by atoms with E-state index >= 15 is 0 Å². The van der Waals surface area contributed by atoms with E-state index in [2.05, 4.69) is 4.98 Å². The molecule has 1 aliphatic heterocycles. The predicted octanol–water partition coefficient (Wildman–Crippen LogP) is 2.70. The van der Waals surface area contributed by atoms with Crippen LogP contribution < -0.4 is 9.47 Å². The van der Waals surface area contributed by atoms with Crippen LogP contribution in [0.4, 0.5) is 8.78 Å². The molecule has 0 radical (unpaired) electrons. The van der Waals surface area contributed by atoms with Gasteiger partial charge in [0.15, 0.2) is 23.1 Å². The Bertz CT molecular complexity index is 908. The number of halogens is 2. The standard InChI is InChI=1S/C16H12F2N2O3/c17-10-2-1-9(5-11(10)18)16-19-12-6-14-15(23-8-22-14)7-13(12)20(16)3-4-21/h1-2,5-7,21H,3-4,8H2. The minimum Gasteiger partial charge on any atom is -0.454 e. The smallest absolute Gasteiger partial charge is 0.231 e. The highest BCUT2D eigenvalue weighted by molar-refractivity contribution is 5.84. The number of hydrogen-bond acceptors (Lipinski definition) is 4. The number of hydrogen-bond donors (Lipinski definition) is 1. The zero-order chi connectivity index (χ0) is 16.0. The van der Waals surface area contributed by atoms with Gasteiger partial charge in [0.2, 0.25) is 6.79 Å². The summed E-state index contributed by atoms with van der Waals surface area (Å²) >= 11 is 0. The van der Waals surface area contributed by atoms with E-state index in [0.29, 0.717) is 28.4 Å². The molecule has 0 spiro atoms. The molecule has 1 aromatic heterocycles. The fourth-order valence-corrected chi connectivity index (χ4v) is 2.70. The lowest BCUT2D eigenvalue weighted by Gasteiger charge is -2.08. The lowest BCUT2D eigenvalue weighted by molar-refractivity contribution is 0.174. The van der Waals surface area contributed by atoms with Crippen LogP contribution in [0.1, 0.15) is 0 Å². The normalized spacial score (nSPS) is 13.0. The van der Waals surface area contributed by atoms with Gasteiger partial charge in [-0.2, -0.15) is 0 Å². The largest absolute Gasteiger partial charge is 0.454 e. The van der Waals surface area contributed by atoms with E-state index in [1.54, 1.807) is 16.7 Å². The molecule has 0 amide bonds. The van der Waals surface area contributed by atoms with Crippen LogP contribution in [0.2, 0.25) is 0 Å². The first kappa shape index (κ1) is 14.0. The van der Waals surface area contributed by atoms with Crippen molar-refractivity contribution < 1.29 is 23.4 Å². The van der Waals surface area contributed by atoms with Crippen LogP contribution in [0.15, 0.2) is 30.3 Å². The summed E-state index contributed by atoms with van der Waals surface area (Å²) in [7, 11) is 0. The van der Waals surface area contributed by atoms with Gasteiger partial charge in [0.25, 0.3) is 0 Å². The summed E-state index contributed by atoms with van der Waals surface area (Å²) in [5, 5.41) is 9.32. The Morgan fingerprint density at radius 3 is 2.61 bits per heavy atom. The molecule has 0 atom stereocenters. The van der Waals surface area contributed by atoms with Gasteiger partial charge in [-0.25, -0.2) is 13.8 Å². The van der Waals surface area contributed by atoms with Gasteiger partial charge >= 0.3 is 0 Å². The first-order valence-corrected chi connectivity index (χ1v) is 7.03. The van der Waals surface area contributed by atoms with Gasteiger partial charge in [-0.15, -0.1) is 0 Å². The molecule has 1 N–H and O–H groups in total. The predicted molar refractivity (Wildman–Crippen MR) is 78.3 cm³/mol. The number of aliphatic hydroxyl groups excluding tert-OH is 1. The summed E-state index contributed by atoms with van der Waals surface area (Å²) in [6, 6.07) is 7.09. The van der Waals surface area contributed by atoms with Crippen LogP contribution in [0.25, 0.3) is 22.4 Å². The molecular formula is C16H12F2N2O3. The molecule has 0 fully saturated rings. The molecule has 1 aliphatic rings. The summed E-state index contributed by atoms with van der Waals surface area (Å²) in [4.78, 5) is 4.48. The molecule has 0 aliphatic carbocycles. The zero-order valence-electron chi connectivity index (χ0n) is 11.9. The average Bonchev–Trinajstić information content (AvgIpc) is 3.13. The molecule has 0 unspecified atom stereocenters. The van der Waals surface area contributed by atoms with Crippen LogP contribution in [0.3, 0.4) is 0 Å². The molecule has 118 valence electrons. The third kappa shape index (κ3) is 2.20. The van der Waals surface area contributed by atoms with Crippen molar-refractivity contribution in [1.29, 1.82) is 0 Å². The van der Waals surface area contributed by atoms with Gasteiger partial charge in [0, 0.05) is 24.2 Å². The Hall–Kier alpha value is -2.67. The first-order valence-electron chi connectivity index (χ1n) is 7.03. The number of ether oxygens (including phenoxy) is 2. The van der Waals surface area contributed by atoms with Gasteiger partial charge in [0.05, 0.1) is 17.6 Å². The molecule has 3 aromatic rings. The maximum Gasteiger partial charge on any atom is 0.231 e. The van der Waals surface area contributed by atoms with E-state index in [9.17, 15) is 13.9 Å². The minimum atomic E-state index is -0.945. The van der Waals surface area contributed by atoms with E-state index < -0.39 is 11.6 Å². The van der Waals surface area contributed by atoms with E-state index in [-0.39, 0.29) is 19.9 Å². The SMILES string of the molecule is OCCn1c(-c2ccc(F)c(F)c2)nc2cc3c(cc21)OCO3. The molecular weight excluding hydrogens is 306 g/mol. The fraction of sp³-hybridized carbons (Fsp3) is 0.188. The Morgan fingerprint density at radius 1 is 1.09 bits per heavy atom. The van der Waals surface area contributed by atoms with Crippen molar-refractivity contribution >= 4 is 11.0 Å². The summed E-state index contributed by atoms with van der Waals surface area (Å²) in [5.74, 6) is -0.244. The van der Waals surface area contributed by atoms with E-state index in [1.165, 1.54) is 6.07 Å². The van der Waals surface area contributed by atoms with Crippen molar-refractivity contribution in [3.05, 3.63) is 42.0 Å². The summed E-state index contributed by atoms with van der Waals surface area (Å²) in [5.41, 5.74) is 1.78. The number of benzene rings is 2. The topological polar surface area (TPSA) is 56.5 Å². The van der Waals surface area contributed by atoms with Crippen molar-refractivity contribution in [3.63, 3.8) is 0 Å². The highest BCUT2D eigenvalue weighted by Crippen LogP contribution is 2.37. The third-order valence-corrected chi connectivity index (χ3v) is 3.74. The molecule has 0 bridgehead atoms. The number of imidazole rings is 1. The molecule has 0 saturated carbocycles. The van der Waals surface area contributed by atoms with Gasteiger partial charge in [-0.1, -0.05) is 0 Å². The third-order valence-electron chi connectivity index (χ3n) is 3.74. The van der Waals surface area contributed by atoms with Gasteiger partial charge in [-0.05, 0) is 18.2 Å². The minimum absolute atomic E-state index is 0.115. The van der Waals surface area contributed by atoms with Crippen LogP contribution in [0, 0.1) is 11.6 Å². The van der Waals surface area contributed by atoms with Crippen molar-refractivity contribution in [1.82, 2.24) is 9.55 Å². The van der Waals surface area contributed by atoms with Crippen molar-refractivity contribution in [3.8, 4) is 22.9 Å². The van der Waals surface area contributed by atoms with Crippen LogP contribution in [-0.4, -0.2) is 28.1 Å². The van der Waals surface area contributed by atoms with Crippen LogP contribution >= 0.6 is 0 Å². The van der Waals surface area contributed by atoms with Crippen molar-refractivity contribution in [2.45, 2.75) is 6.54 Å². The molecule has 23 heavy (non-hydrogen) atoms. The van der Waals surface area contributed by atoms with Crippen LogP contribution in [0.5, 0.6) is 11.5 Å². The zero-order valence-corrected chi connectivity index (χ0v) is 11.9.